The predicted octanol–water partition coefficient (Wildman–Crippen LogP) is 4.79. The van der Waals surface area contributed by atoms with E-state index in [1.807, 2.05) is 42.5 Å². The molecule has 5 heteroatoms. The molecule has 0 saturated carbocycles. The van der Waals surface area contributed by atoms with Gasteiger partial charge >= 0.3 is 0 Å². The first-order valence-corrected chi connectivity index (χ1v) is 7.75. The van der Waals surface area contributed by atoms with Crippen LogP contribution >= 0.6 is 27.7 Å². The fourth-order valence-electron chi connectivity index (χ4n) is 1.85. The van der Waals surface area contributed by atoms with Gasteiger partial charge in [-0.3, -0.25) is 0 Å². The summed E-state index contributed by atoms with van der Waals surface area (Å²) in [6, 6.07) is 13.5. The summed E-state index contributed by atoms with van der Waals surface area (Å²) in [5.74, 6) is 0. The van der Waals surface area contributed by atoms with E-state index in [1.54, 1.807) is 6.92 Å². The highest BCUT2D eigenvalue weighted by molar-refractivity contribution is 9.10. The van der Waals surface area contributed by atoms with Crippen molar-refractivity contribution in [1.29, 1.82) is 0 Å². The second-order valence-electron chi connectivity index (χ2n) is 4.42. The smallest absolute Gasteiger partial charge is 0.261 e. The van der Waals surface area contributed by atoms with Crippen molar-refractivity contribution in [3.8, 4) is 0 Å². The van der Waals surface area contributed by atoms with Crippen molar-refractivity contribution in [2.45, 2.75) is 23.1 Å². The molecular weight excluding hydrogens is 338 g/mol. The molecule has 3 rings (SSSR count). The van der Waals surface area contributed by atoms with Crippen molar-refractivity contribution in [3.63, 3.8) is 0 Å². The van der Waals surface area contributed by atoms with Crippen molar-refractivity contribution in [2.24, 2.45) is 0 Å². The lowest BCUT2D eigenvalue weighted by Crippen LogP contribution is -1.90. The maximum absolute atomic E-state index is 9.57. The molecule has 0 spiro atoms. The van der Waals surface area contributed by atoms with Crippen LogP contribution in [0.3, 0.4) is 0 Å². The average Bonchev–Trinajstić information content (AvgIpc) is 2.83. The number of rotatable bonds is 3. The molecule has 20 heavy (non-hydrogen) atoms. The highest BCUT2D eigenvalue weighted by Gasteiger charge is 2.11. The fraction of sp³-hybridized carbons (Fsp3) is 0.133. The fourth-order valence-corrected chi connectivity index (χ4v) is 3.24. The standard InChI is InChI=1S/C15H12BrNO2S/c1-9(18)10-6-7-14(11(16)8-10)20-15-17-12-4-2-3-5-13(12)19-15/h2-9,18H,1H3. The summed E-state index contributed by atoms with van der Waals surface area (Å²) in [6.45, 7) is 1.75. The third-order valence-corrected chi connectivity index (χ3v) is 4.75. The van der Waals surface area contributed by atoms with Gasteiger partial charge in [0.25, 0.3) is 5.22 Å². The normalized spacial score (nSPS) is 12.8. The second kappa shape index (κ2) is 5.60. The number of para-hydroxylation sites is 2. The summed E-state index contributed by atoms with van der Waals surface area (Å²) < 4.78 is 6.61. The molecule has 0 aliphatic carbocycles. The highest BCUT2D eigenvalue weighted by Crippen LogP contribution is 2.35. The van der Waals surface area contributed by atoms with E-state index in [9.17, 15) is 5.11 Å². The summed E-state index contributed by atoms with van der Waals surface area (Å²) in [4.78, 5) is 5.43. The van der Waals surface area contributed by atoms with E-state index in [0.717, 1.165) is 26.0 Å². The zero-order valence-electron chi connectivity index (χ0n) is 10.7. The third-order valence-electron chi connectivity index (χ3n) is 2.91. The molecule has 0 radical (unpaired) electrons. The molecule has 1 unspecified atom stereocenters. The number of aromatic nitrogens is 1. The molecule has 3 nitrogen and oxygen atoms in total. The van der Waals surface area contributed by atoms with Gasteiger partial charge in [-0.15, -0.1) is 0 Å². The molecule has 3 aromatic rings. The lowest BCUT2D eigenvalue weighted by Gasteiger charge is -2.07. The minimum Gasteiger partial charge on any atom is -0.431 e. The van der Waals surface area contributed by atoms with Crippen LogP contribution in [0.1, 0.15) is 18.6 Å². The second-order valence-corrected chi connectivity index (χ2v) is 6.26. The first-order chi connectivity index (χ1) is 9.63. The Hall–Kier alpha value is -1.30. The molecule has 0 fully saturated rings. The van der Waals surface area contributed by atoms with Gasteiger partial charge in [0, 0.05) is 9.37 Å². The summed E-state index contributed by atoms with van der Waals surface area (Å²) in [5, 5.41) is 10.2. The van der Waals surface area contributed by atoms with E-state index in [1.165, 1.54) is 11.8 Å². The van der Waals surface area contributed by atoms with Crippen LogP contribution in [-0.2, 0) is 0 Å². The number of fused-ring (bicyclic) bond motifs is 1. The van der Waals surface area contributed by atoms with E-state index < -0.39 is 6.10 Å². The lowest BCUT2D eigenvalue weighted by molar-refractivity contribution is 0.199. The number of benzene rings is 2. The van der Waals surface area contributed by atoms with E-state index in [2.05, 4.69) is 20.9 Å². The molecule has 0 aliphatic heterocycles. The quantitative estimate of drug-likeness (QED) is 0.737. The number of aliphatic hydroxyl groups is 1. The molecule has 0 aliphatic rings. The summed E-state index contributed by atoms with van der Waals surface area (Å²) in [5.41, 5.74) is 2.51. The Kier molecular flexibility index (Phi) is 3.83. The molecule has 2 aromatic carbocycles. The summed E-state index contributed by atoms with van der Waals surface area (Å²) >= 11 is 4.97. The topological polar surface area (TPSA) is 46.3 Å². The van der Waals surface area contributed by atoms with Crippen molar-refractivity contribution in [2.75, 3.05) is 0 Å². The Morgan fingerprint density at radius 1 is 1.25 bits per heavy atom. The molecular formula is C15H12BrNO2S. The molecule has 1 heterocycles. The van der Waals surface area contributed by atoms with Gasteiger partial charge in [-0.1, -0.05) is 18.2 Å². The molecule has 0 amide bonds. The zero-order valence-corrected chi connectivity index (χ0v) is 13.1. The largest absolute Gasteiger partial charge is 0.431 e. The van der Waals surface area contributed by atoms with Crippen LogP contribution in [0.15, 0.2) is 61.5 Å². The van der Waals surface area contributed by atoms with Gasteiger partial charge in [0.15, 0.2) is 5.58 Å². The molecule has 1 atom stereocenters. The van der Waals surface area contributed by atoms with Gasteiger partial charge < -0.3 is 9.52 Å². The number of halogens is 1. The Bertz CT molecular complexity index is 721. The monoisotopic (exact) mass is 349 g/mol. The number of aliphatic hydroxyl groups excluding tert-OH is 1. The zero-order chi connectivity index (χ0) is 14.1. The van der Waals surface area contributed by atoms with Crippen LogP contribution in [0.2, 0.25) is 0 Å². The van der Waals surface area contributed by atoms with Crippen LogP contribution in [0.4, 0.5) is 0 Å². The van der Waals surface area contributed by atoms with Crippen molar-refractivity contribution >= 4 is 38.8 Å². The van der Waals surface area contributed by atoms with Crippen LogP contribution in [0.25, 0.3) is 11.1 Å². The van der Waals surface area contributed by atoms with Gasteiger partial charge in [0.2, 0.25) is 0 Å². The van der Waals surface area contributed by atoms with E-state index in [-0.39, 0.29) is 0 Å². The molecule has 1 aromatic heterocycles. The lowest BCUT2D eigenvalue weighted by atomic mass is 10.1. The first-order valence-electron chi connectivity index (χ1n) is 6.14. The number of hydrogen-bond donors (Lipinski definition) is 1. The molecule has 0 saturated heterocycles. The average molecular weight is 350 g/mol. The van der Waals surface area contributed by atoms with Gasteiger partial charge in [0.05, 0.1) is 6.10 Å². The van der Waals surface area contributed by atoms with Gasteiger partial charge in [-0.05, 0) is 64.4 Å². The number of hydrogen-bond acceptors (Lipinski definition) is 4. The predicted molar refractivity (Wildman–Crippen MR) is 82.9 cm³/mol. The minimum absolute atomic E-state index is 0.477. The Labute approximate surface area is 129 Å². The van der Waals surface area contributed by atoms with E-state index in [4.69, 9.17) is 4.42 Å². The summed E-state index contributed by atoms with van der Waals surface area (Å²) in [6.07, 6.45) is -0.477. The van der Waals surface area contributed by atoms with Crippen LogP contribution in [0, 0.1) is 0 Å². The summed E-state index contributed by atoms with van der Waals surface area (Å²) in [7, 11) is 0. The van der Waals surface area contributed by atoms with E-state index >= 15 is 0 Å². The van der Waals surface area contributed by atoms with Crippen LogP contribution < -0.4 is 0 Å². The minimum atomic E-state index is -0.477. The van der Waals surface area contributed by atoms with E-state index in [0.29, 0.717) is 5.22 Å². The third kappa shape index (κ3) is 2.75. The molecule has 102 valence electrons. The Morgan fingerprint density at radius 3 is 2.75 bits per heavy atom. The Morgan fingerprint density at radius 2 is 2.05 bits per heavy atom. The molecule has 0 bridgehead atoms. The molecule has 1 N–H and O–H groups in total. The highest BCUT2D eigenvalue weighted by atomic mass is 79.9. The number of nitrogens with zero attached hydrogens (tertiary/aromatic N) is 1. The first kappa shape index (κ1) is 13.7. The van der Waals surface area contributed by atoms with Crippen LogP contribution in [-0.4, -0.2) is 10.1 Å². The van der Waals surface area contributed by atoms with Gasteiger partial charge in [-0.2, -0.15) is 0 Å². The SMILES string of the molecule is CC(O)c1ccc(Sc2nc3ccccc3o2)c(Br)c1. The Balaban J connectivity index is 1.90. The van der Waals surface area contributed by atoms with Gasteiger partial charge in [-0.25, -0.2) is 4.98 Å². The number of oxazole rings is 1. The van der Waals surface area contributed by atoms with Gasteiger partial charge in [0.1, 0.15) is 5.52 Å². The maximum Gasteiger partial charge on any atom is 0.261 e. The van der Waals surface area contributed by atoms with Crippen LogP contribution in [0.5, 0.6) is 0 Å². The van der Waals surface area contributed by atoms with Crippen molar-refractivity contribution < 1.29 is 9.52 Å². The van der Waals surface area contributed by atoms with Crippen molar-refractivity contribution in [1.82, 2.24) is 4.98 Å². The van der Waals surface area contributed by atoms with Crippen molar-refractivity contribution in [3.05, 3.63) is 52.5 Å². The maximum atomic E-state index is 9.57.